The van der Waals surface area contributed by atoms with Crippen molar-refractivity contribution in [3.05, 3.63) is 104 Å². The van der Waals surface area contributed by atoms with Crippen molar-refractivity contribution in [3.8, 4) is 11.4 Å². The van der Waals surface area contributed by atoms with Crippen LogP contribution in [0.5, 0.6) is 0 Å². The zero-order valence-corrected chi connectivity index (χ0v) is 17.1. The molecule has 0 N–H and O–H groups in total. The summed E-state index contributed by atoms with van der Waals surface area (Å²) in [5.74, 6) is 0. The quantitative estimate of drug-likeness (QED) is 0.347. The third-order valence-electron chi connectivity index (χ3n) is 6.03. The van der Waals surface area contributed by atoms with Crippen LogP contribution in [0.25, 0.3) is 55.4 Å². The van der Waals surface area contributed by atoms with Gasteiger partial charge in [0.1, 0.15) is 11.0 Å². The second-order valence-corrected chi connectivity index (χ2v) is 7.83. The fourth-order valence-electron chi connectivity index (χ4n) is 4.71. The van der Waals surface area contributed by atoms with Crippen LogP contribution in [0.15, 0.2) is 104 Å². The Morgan fingerprint density at radius 2 is 1.25 bits per heavy atom. The molecule has 5 heterocycles. The highest BCUT2D eigenvalue weighted by Gasteiger charge is 2.19. The molecule has 0 spiro atoms. The van der Waals surface area contributed by atoms with Crippen LogP contribution in [0.1, 0.15) is 0 Å². The van der Waals surface area contributed by atoms with Crippen molar-refractivity contribution in [1.82, 2.24) is 24.1 Å². The minimum atomic E-state index is 0.893. The van der Waals surface area contributed by atoms with Crippen LogP contribution in [-0.4, -0.2) is 24.1 Å². The number of pyridine rings is 3. The molecule has 5 aromatic heterocycles. The average Bonchev–Trinajstić information content (AvgIpc) is 3.36. The molecule has 7 aromatic rings. The number of nitrogens with zero attached hydrogens (tertiary/aromatic N) is 5. The lowest BCUT2D eigenvalue weighted by atomic mass is 10.2. The highest BCUT2D eigenvalue weighted by atomic mass is 15.1. The Bertz CT molecular complexity index is 1630. The van der Waals surface area contributed by atoms with E-state index < -0.39 is 0 Å². The first-order valence-electron chi connectivity index (χ1n) is 10.6. The molecular weight excluding hydrogens is 394 g/mol. The lowest BCUT2D eigenvalue weighted by molar-refractivity contribution is 1.13. The van der Waals surface area contributed by atoms with E-state index in [0.29, 0.717) is 0 Å². The molecule has 0 atom stereocenters. The molecule has 7 rings (SSSR count). The van der Waals surface area contributed by atoms with Crippen molar-refractivity contribution in [2.24, 2.45) is 0 Å². The summed E-state index contributed by atoms with van der Waals surface area (Å²) in [5.41, 5.74) is 9.11. The third kappa shape index (κ3) is 2.30. The first-order chi connectivity index (χ1) is 15.9. The first-order valence-corrected chi connectivity index (χ1v) is 10.6. The highest BCUT2D eigenvalue weighted by Crippen LogP contribution is 2.36. The highest BCUT2D eigenvalue weighted by molar-refractivity contribution is 6.14. The van der Waals surface area contributed by atoms with E-state index in [9.17, 15) is 0 Å². The molecule has 0 amide bonds. The van der Waals surface area contributed by atoms with Gasteiger partial charge in [-0.3, -0.25) is 9.97 Å². The Morgan fingerprint density at radius 3 is 2.12 bits per heavy atom. The second kappa shape index (κ2) is 6.49. The Hall–Kier alpha value is -4.51. The van der Waals surface area contributed by atoms with E-state index in [4.69, 9.17) is 9.97 Å². The van der Waals surface area contributed by atoms with Gasteiger partial charge in [0.25, 0.3) is 0 Å². The number of fused-ring (bicyclic) bond motifs is 6. The number of aromatic nitrogens is 5. The van der Waals surface area contributed by atoms with Gasteiger partial charge in [0, 0.05) is 23.5 Å². The van der Waals surface area contributed by atoms with Gasteiger partial charge in [-0.1, -0.05) is 36.4 Å². The molecular formula is C27H17N5. The molecule has 150 valence electrons. The molecule has 0 saturated carbocycles. The maximum absolute atomic E-state index is 5.20. The van der Waals surface area contributed by atoms with E-state index >= 15 is 0 Å². The van der Waals surface area contributed by atoms with Crippen LogP contribution < -0.4 is 0 Å². The lowest BCUT2D eigenvalue weighted by Crippen LogP contribution is -1.96. The molecule has 0 aliphatic carbocycles. The lowest BCUT2D eigenvalue weighted by Gasteiger charge is -2.09. The summed E-state index contributed by atoms with van der Waals surface area (Å²) in [5, 5.41) is 1.13. The fraction of sp³-hybridized carbons (Fsp3) is 0. The number of hydrogen-bond acceptors (Lipinski definition) is 3. The molecule has 0 aliphatic heterocycles. The largest absolute Gasteiger partial charge is 0.308 e. The molecule has 0 saturated heterocycles. The first kappa shape index (κ1) is 17.2. The van der Waals surface area contributed by atoms with Crippen LogP contribution in [-0.2, 0) is 0 Å². The number of para-hydroxylation sites is 2. The van der Waals surface area contributed by atoms with Gasteiger partial charge >= 0.3 is 0 Å². The maximum Gasteiger partial charge on any atom is 0.116 e. The topological polar surface area (TPSA) is 48.5 Å². The van der Waals surface area contributed by atoms with Crippen molar-refractivity contribution in [1.29, 1.82) is 0 Å². The molecule has 5 heteroatoms. The van der Waals surface area contributed by atoms with E-state index in [1.165, 1.54) is 0 Å². The maximum atomic E-state index is 5.20. The third-order valence-corrected chi connectivity index (χ3v) is 6.03. The monoisotopic (exact) mass is 411 g/mol. The smallest absolute Gasteiger partial charge is 0.116 e. The van der Waals surface area contributed by atoms with Gasteiger partial charge in [0.05, 0.1) is 39.5 Å². The summed E-state index contributed by atoms with van der Waals surface area (Å²) < 4.78 is 4.49. The van der Waals surface area contributed by atoms with Gasteiger partial charge in [-0.15, -0.1) is 0 Å². The minimum absolute atomic E-state index is 0.893. The zero-order valence-electron chi connectivity index (χ0n) is 17.1. The van der Waals surface area contributed by atoms with Gasteiger partial charge in [-0.05, 0) is 48.5 Å². The van der Waals surface area contributed by atoms with E-state index in [0.717, 1.165) is 55.4 Å². The van der Waals surface area contributed by atoms with Crippen molar-refractivity contribution < 1.29 is 0 Å². The zero-order chi connectivity index (χ0) is 21.1. The summed E-state index contributed by atoms with van der Waals surface area (Å²) in [6.45, 7) is 0. The molecule has 0 fully saturated rings. The fourth-order valence-corrected chi connectivity index (χ4v) is 4.71. The van der Waals surface area contributed by atoms with E-state index in [-0.39, 0.29) is 0 Å². The average molecular weight is 411 g/mol. The van der Waals surface area contributed by atoms with Crippen LogP contribution >= 0.6 is 0 Å². The van der Waals surface area contributed by atoms with Gasteiger partial charge in [0.15, 0.2) is 0 Å². The van der Waals surface area contributed by atoms with Crippen LogP contribution in [0, 0.1) is 0 Å². The second-order valence-electron chi connectivity index (χ2n) is 7.83. The Labute approximate surface area is 183 Å². The van der Waals surface area contributed by atoms with E-state index in [2.05, 4.69) is 80.8 Å². The summed E-state index contributed by atoms with van der Waals surface area (Å²) in [6.07, 6.45) is 5.50. The van der Waals surface area contributed by atoms with Gasteiger partial charge < -0.3 is 9.13 Å². The van der Waals surface area contributed by atoms with Crippen LogP contribution in [0.2, 0.25) is 0 Å². The summed E-state index contributed by atoms with van der Waals surface area (Å²) in [4.78, 5) is 14.2. The Balaban J connectivity index is 1.71. The molecule has 0 aliphatic rings. The summed E-state index contributed by atoms with van der Waals surface area (Å²) in [6, 6.07) is 29.2. The molecule has 0 bridgehead atoms. The van der Waals surface area contributed by atoms with Crippen LogP contribution in [0.3, 0.4) is 0 Å². The minimum Gasteiger partial charge on any atom is -0.308 e. The van der Waals surface area contributed by atoms with Gasteiger partial charge in [-0.2, -0.15) is 0 Å². The SMILES string of the molecule is c1ccc(-n2c3ccccc3c3nc4c5ncccc5n(-c5cccnc5)c4cc32)cc1. The van der Waals surface area contributed by atoms with Crippen LogP contribution in [0.4, 0.5) is 0 Å². The van der Waals surface area contributed by atoms with Crippen molar-refractivity contribution in [2.75, 3.05) is 0 Å². The van der Waals surface area contributed by atoms with Gasteiger partial charge in [0.2, 0.25) is 0 Å². The van der Waals surface area contributed by atoms with E-state index in [1.807, 2.05) is 30.6 Å². The predicted molar refractivity (Wildman–Crippen MR) is 129 cm³/mol. The number of benzene rings is 2. The molecule has 0 radical (unpaired) electrons. The number of rotatable bonds is 2. The van der Waals surface area contributed by atoms with E-state index in [1.54, 1.807) is 6.20 Å². The van der Waals surface area contributed by atoms with Crippen molar-refractivity contribution >= 4 is 44.0 Å². The molecule has 5 nitrogen and oxygen atoms in total. The Kier molecular flexibility index (Phi) is 3.49. The Morgan fingerprint density at radius 1 is 0.531 bits per heavy atom. The molecule has 32 heavy (non-hydrogen) atoms. The number of hydrogen-bond donors (Lipinski definition) is 0. The summed E-state index contributed by atoms with van der Waals surface area (Å²) in [7, 11) is 0. The molecule has 0 unspecified atom stereocenters. The van der Waals surface area contributed by atoms with Gasteiger partial charge in [-0.25, -0.2) is 4.98 Å². The van der Waals surface area contributed by atoms with Crippen molar-refractivity contribution in [3.63, 3.8) is 0 Å². The standard InChI is InChI=1S/C27H17N5/c1-2-8-18(9-3-1)31-21-12-5-4-11-20(21)25-23(31)16-24-27(30-25)26-22(13-7-15-29-26)32(24)19-10-6-14-28-17-19/h1-17H. The summed E-state index contributed by atoms with van der Waals surface area (Å²) >= 11 is 0. The molecule has 2 aromatic carbocycles. The normalized spacial score (nSPS) is 11.8. The van der Waals surface area contributed by atoms with Crippen molar-refractivity contribution in [2.45, 2.75) is 0 Å². The predicted octanol–water partition coefficient (Wildman–Crippen LogP) is 6.07.